The van der Waals surface area contributed by atoms with E-state index < -0.39 is 5.82 Å². The molecule has 1 unspecified atom stereocenters. The van der Waals surface area contributed by atoms with E-state index in [4.69, 9.17) is 23.2 Å². The molecule has 0 bridgehead atoms. The first-order chi connectivity index (χ1) is 8.99. The third kappa shape index (κ3) is 3.70. The van der Waals surface area contributed by atoms with Crippen LogP contribution in [0.5, 0.6) is 0 Å². The van der Waals surface area contributed by atoms with E-state index in [1.165, 1.54) is 17.0 Å². The van der Waals surface area contributed by atoms with Crippen LogP contribution < -0.4 is 5.32 Å². The van der Waals surface area contributed by atoms with Gasteiger partial charge in [-0.15, -0.1) is 11.3 Å². The molecule has 1 heterocycles. The maximum absolute atomic E-state index is 13.5. The van der Waals surface area contributed by atoms with Gasteiger partial charge in [0.25, 0.3) is 0 Å². The van der Waals surface area contributed by atoms with Gasteiger partial charge >= 0.3 is 0 Å². The van der Waals surface area contributed by atoms with Crippen LogP contribution in [0.25, 0.3) is 0 Å². The highest BCUT2D eigenvalue weighted by Gasteiger charge is 2.16. The van der Waals surface area contributed by atoms with Gasteiger partial charge in [-0.2, -0.15) is 0 Å². The smallest absolute Gasteiger partial charge is 0.142 e. The summed E-state index contributed by atoms with van der Waals surface area (Å²) >= 11 is 17.1. The van der Waals surface area contributed by atoms with Crippen molar-refractivity contribution in [2.45, 2.75) is 19.5 Å². The SMILES string of the molecule is CC(NCc1cc(Br)cs1)c1c(Cl)ccc(F)c1Cl. The highest BCUT2D eigenvalue weighted by atomic mass is 79.9. The van der Waals surface area contributed by atoms with Gasteiger partial charge in [0.2, 0.25) is 0 Å². The third-order valence-electron chi connectivity index (χ3n) is 2.72. The molecular weight excluding hydrogens is 372 g/mol. The summed E-state index contributed by atoms with van der Waals surface area (Å²) in [6, 6.07) is 4.71. The van der Waals surface area contributed by atoms with Crippen molar-refractivity contribution in [2.75, 3.05) is 0 Å². The fourth-order valence-corrected chi connectivity index (χ4v) is 3.84. The lowest BCUT2D eigenvalue weighted by Crippen LogP contribution is -2.18. The van der Waals surface area contributed by atoms with Crippen LogP contribution in [0.3, 0.4) is 0 Å². The summed E-state index contributed by atoms with van der Waals surface area (Å²) in [5, 5.41) is 5.86. The molecule has 1 aromatic carbocycles. The van der Waals surface area contributed by atoms with Gasteiger partial charge in [0.05, 0.1) is 5.02 Å². The van der Waals surface area contributed by atoms with Gasteiger partial charge < -0.3 is 5.32 Å². The van der Waals surface area contributed by atoms with Crippen LogP contribution in [0.2, 0.25) is 10.0 Å². The van der Waals surface area contributed by atoms with E-state index >= 15 is 0 Å². The maximum atomic E-state index is 13.5. The van der Waals surface area contributed by atoms with Crippen molar-refractivity contribution in [2.24, 2.45) is 0 Å². The third-order valence-corrected chi connectivity index (χ3v) is 5.13. The molecule has 2 rings (SSSR count). The normalized spacial score (nSPS) is 12.7. The Morgan fingerprint density at radius 2 is 2.16 bits per heavy atom. The summed E-state index contributed by atoms with van der Waals surface area (Å²) in [6.07, 6.45) is 0. The summed E-state index contributed by atoms with van der Waals surface area (Å²) in [5.41, 5.74) is 0.596. The van der Waals surface area contributed by atoms with E-state index in [0.717, 1.165) is 4.47 Å². The second-order valence-electron chi connectivity index (χ2n) is 4.09. The molecule has 0 aliphatic carbocycles. The maximum Gasteiger partial charge on any atom is 0.142 e. The molecule has 0 saturated carbocycles. The number of halogens is 4. The molecular formula is C13H11BrCl2FNS. The second-order valence-corrected chi connectivity index (χ2v) is 6.79. The number of hydrogen-bond donors (Lipinski definition) is 1. The van der Waals surface area contributed by atoms with Gasteiger partial charge in [-0.25, -0.2) is 4.39 Å². The van der Waals surface area contributed by atoms with E-state index in [-0.39, 0.29) is 11.1 Å². The fourth-order valence-electron chi connectivity index (χ4n) is 1.74. The zero-order valence-corrected chi connectivity index (χ0v) is 13.9. The topological polar surface area (TPSA) is 12.0 Å². The van der Waals surface area contributed by atoms with Crippen molar-refractivity contribution in [1.82, 2.24) is 5.32 Å². The lowest BCUT2D eigenvalue weighted by Gasteiger charge is -2.17. The zero-order valence-electron chi connectivity index (χ0n) is 10.0. The first-order valence-electron chi connectivity index (χ1n) is 5.58. The van der Waals surface area contributed by atoms with E-state index in [1.54, 1.807) is 11.3 Å². The molecule has 6 heteroatoms. The van der Waals surface area contributed by atoms with Gasteiger partial charge in [0.1, 0.15) is 5.82 Å². The summed E-state index contributed by atoms with van der Waals surface area (Å²) in [7, 11) is 0. The summed E-state index contributed by atoms with van der Waals surface area (Å²) in [5.74, 6) is -0.450. The average Bonchev–Trinajstić information content (AvgIpc) is 2.78. The van der Waals surface area contributed by atoms with Gasteiger partial charge in [0.15, 0.2) is 0 Å². The minimum absolute atomic E-state index is 0.0832. The summed E-state index contributed by atoms with van der Waals surface area (Å²) < 4.78 is 14.5. The molecule has 19 heavy (non-hydrogen) atoms. The number of benzene rings is 1. The van der Waals surface area contributed by atoms with Crippen LogP contribution in [-0.2, 0) is 6.54 Å². The highest BCUT2D eigenvalue weighted by molar-refractivity contribution is 9.10. The summed E-state index contributed by atoms with van der Waals surface area (Å²) in [6.45, 7) is 2.59. The molecule has 1 atom stereocenters. The van der Waals surface area contributed by atoms with Crippen LogP contribution in [0.15, 0.2) is 28.1 Å². The van der Waals surface area contributed by atoms with Crippen LogP contribution in [0.1, 0.15) is 23.4 Å². The van der Waals surface area contributed by atoms with Crippen molar-refractivity contribution in [3.63, 3.8) is 0 Å². The van der Waals surface area contributed by atoms with Crippen molar-refractivity contribution in [3.05, 3.63) is 54.4 Å². The lowest BCUT2D eigenvalue weighted by molar-refractivity contribution is 0.569. The highest BCUT2D eigenvalue weighted by Crippen LogP contribution is 2.32. The first kappa shape index (κ1) is 15.3. The minimum Gasteiger partial charge on any atom is -0.305 e. The molecule has 1 N–H and O–H groups in total. The monoisotopic (exact) mass is 381 g/mol. The van der Waals surface area contributed by atoms with Crippen molar-refractivity contribution >= 4 is 50.5 Å². The number of nitrogens with one attached hydrogen (secondary N) is 1. The van der Waals surface area contributed by atoms with Crippen LogP contribution >= 0.6 is 50.5 Å². The molecule has 1 aromatic heterocycles. The molecule has 102 valence electrons. The Hall–Kier alpha value is -0.130. The Balaban J connectivity index is 2.12. The minimum atomic E-state index is -0.450. The molecule has 0 aliphatic heterocycles. The fraction of sp³-hybridized carbons (Fsp3) is 0.231. The van der Waals surface area contributed by atoms with Crippen molar-refractivity contribution in [1.29, 1.82) is 0 Å². The number of rotatable bonds is 4. The van der Waals surface area contributed by atoms with Crippen LogP contribution in [-0.4, -0.2) is 0 Å². The second kappa shape index (κ2) is 6.55. The van der Waals surface area contributed by atoms with E-state index in [1.807, 2.05) is 18.4 Å². The Labute approximate surface area is 133 Å². The Morgan fingerprint density at radius 1 is 1.42 bits per heavy atom. The Morgan fingerprint density at radius 3 is 2.79 bits per heavy atom. The quantitative estimate of drug-likeness (QED) is 0.658. The molecule has 0 radical (unpaired) electrons. The number of thiophene rings is 1. The predicted molar refractivity (Wildman–Crippen MR) is 83.7 cm³/mol. The standard InChI is InChI=1S/C13H11BrCl2FNS/c1-7(18-5-9-4-8(14)6-19-9)12-10(15)2-3-11(17)13(12)16/h2-4,6-7,18H,5H2,1H3. The Kier molecular flexibility index (Phi) is 5.26. The van der Waals surface area contributed by atoms with Crippen LogP contribution in [0.4, 0.5) is 4.39 Å². The average molecular weight is 383 g/mol. The summed E-state index contributed by atoms with van der Waals surface area (Å²) in [4.78, 5) is 1.18. The molecule has 0 amide bonds. The number of hydrogen-bond acceptors (Lipinski definition) is 2. The lowest BCUT2D eigenvalue weighted by atomic mass is 10.1. The van der Waals surface area contributed by atoms with E-state index in [9.17, 15) is 4.39 Å². The molecule has 0 spiro atoms. The molecule has 0 saturated heterocycles. The van der Waals surface area contributed by atoms with Crippen LogP contribution in [0, 0.1) is 5.82 Å². The molecule has 0 aliphatic rings. The predicted octanol–water partition coefficient (Wildman–Crippen LogP) is 5.81. The van der Waals surface area contributed by atoms with Gasteiger partial charge in [-0.05, 0) is 41.1 Å². The zero-order chi connectivity index (χ0) is 14.0. The van der Waals surface area contributed by atoms with Crippen molar-refractivity contribution in [3.8, 4) is 0 Å². The van der Waals surface area contributed by atoms with Crippen molar-refractivity contribution < 1.29 is 4.39 Å². The largest absolute Gasteiger partial charge is 0.305 e. The van der Waals surface area contributed by atoms with E-state index in [0.29, 0.717) is 17.1 Å². The first-order valence-corrected chi connectivity index (χ1v) is 8.01. The van der Waals surface area contributed by atoms with E-state index in [2.05, 4.69) is 21.2 Å². The molecule has 2 aromatic rings. The molecule has 0 fully saturated rings. The van der Waals surface area contributed by atoms with Gasteiger partial charge in [-0.1, -0.05) is 23.2 Å². The Bertz CT molecular complexity index is 588. The van der Waals surface area contributed by atoms with Gasteiger partial charge in [-0.3, -0.25) is 0 Å². The molecule has 1 nitrogen and oxygen atoms in total. The van der Waals surface area contributed by atoms with Gasteiger partial charge in [0, 0.05) is 37.9 Å².